The van der Waals surface area contributed by atoms with Gasteiger partial charge in [-0.25, -0.2) is 0 Å². The van der Waals surface area contributed by atoms with Gasteiger partial charge in [-0.1, -0.05) is 41.3 Å². The van der Waals surface area contributed by atoms with Gasteiger partial charge in [0.25, 0.3) is 0 Å². The number of nitrogens with zero attached hydrogens (tertiary/aromatic N) is 1. The SMILES string of the molecule is CC(=O)N(CCNC(=O)C1CCCCC1)c1cccc(Br)c1. The van der Waals surface area contributed by atoms with Crippen molar-refractivity contribution in [2.24, 2.45) is 5.92 Å². The Morgan fingerprint density at radius 1 is 1.27 bits per heavy atom. The van der Waals surface area contributed by atoms with Crippen molar-refractivity contribution in [3.8, 4) is 0 Å². The summed E-state index contributed by atoms with van der Waals surface area (Å²) in [6.07, 6.45) is 5.53. The van der Waals surface area contributed by atoms with Gasteiger partial charge >= 0.3 is 0 Å². The van der Waals surface area contributed by atoms with Gasteiger partial charge in [-0.05, 0) is 31.0 Å². The molecular formula is C17H23BrN2O2. The second kappa shape index (κ2) is 8.32. The Kier molecular flexibility index (Phi) is 6.43. The summed E-state index contributed by atoms with van der Waals surface area (Å²) in [7, 11) is 0. The molecule has 4 nitrogen and oxygen atoms in total. The van der Waals surface area contributed by atoms with Gasteiger partial charge < -0.3 is 10.2 Å². The van der Waals surface area contributed by atoms with Gasteiger partial charge in [0.15, 0.2) is 0 Å². The number of rotatable bonds is 5. The molecule has 2 rings (SSSR count). The average molecular weight is 367 g/mol. The number of hydrogen-bond acceptors (Lipinski definition) is 2. The van der Waals surface area contributed by atoms with Crippen LogP contribution in [0.5, 0.6) is 0 Å². The second-order valence-electron chi connectivity index (χ2n) is 5.78. The van der Waals surface area contributed by atoms with Crippen LogP contribution in [0.15, 0.2) is 28.7 Å². The fourth-order valence-electron chi connectivity index (χ4n) is 2.91. The highest BCUT2D eigenvalue weighted by Gasteiger charge is 2.21. The molecule has 0 aromatic heterocycles. The van der Waals surface area contributed by atoms with Crippen LogP contribution in [0, 0.1) is 5.92 Å². The minimum atomic E-state index is -0.0231. The van der Waals surface area contributed by atoms with Crippen LogP contribution in [0.3, 0.4) is 0 Å². The third-order valence-corrected chi connectivity index (χ3v) is 4.60. The lowest BCUT2D eigenvalue weighted by atomic mass is 9.89. The summed E-state index contributed by atoms with van der Waals surface area (Å²) in [4.78, 5) is 25.6. The van der Waals surface area contributed by atoms with Crippen molar-refractivity contribution < 1.29 is 9.59 Å². The van der Waals surface area contributed by atoms with Crippen molar-refractivity contribution >= 4 is 33.4 Å². The second-order valence-corrected chi connectivity index (χ2v) is 6.69. The van der Waals surface area contributed by atoms with Crippen LogP contribution in [-0.4, -0.2) is 24.9 Å². The molecule has 1 aliphatic carbocycles. The molecule has 0 spiro atoms. The monoisotopic (exact) mass is 366 g/mol. The first-order valence-corrected chi connectivity index (χ1v) is 8.68. The van der Waals surface area contributed by atoms with Gasteiger partial charge in [-0.15, -0.1) is 0 Å². The highest BCUT2D eigenvalue weighted by Crippen LogP contribution is 2.23. The topological polar surface area (TPSA) is 49.4 Å². The summed E-state index contributed by atoms with van der Waals surface area (Å²) in [5, 5.41) is 2.98. The zero-order valence-corrected chi connectivity index (χ0v) is 14.6. The van der Waals surface area contributed by atoms with E-state index in [2.05, 4.69) is 21.2 Å². The lowest BCUT2D eigenvalue weighted by Crippen LogP contribution is -2.40. The predicted octanol–water partition coefficient (Wildman–Crippen LogP) is 3.50. The predicted molar refractivity (Wildman–Crippen MR) is 91.8 cm³/mol. The molecule has 1 N–H and O–H groups in total. The van der Waals surface area contributed by atoms with E-state index in [1.807, 2.05) is 24.3 Å². The minimum Gasteiger partial charge on any atom is -0.354 e. The van der Waals surface area contributed by atoms with Crippen molar-refractivity contribution in [3.05, 3.63) is 28.7 Å². The largest absolute Gasteiger partial charge is 0.354 e. The third-order valence-electron chi connectivity index (χ3n) is 4.11. The van der Waals surface area contributed by atoms with Gasteiger partial charge in [0.2, 0.25) is 11.8 Å². The number of carbonyl (C=O) groups excluding carboxylic acids is 2. The number of halogens is 1. The normalized spacial score (nSPS) is 15.4. The summed E-state index contributed by atoms with van der Waals surface area (Å²) in [6, 6.07) is 7.63. The van der Waals surface area contributed by atoms with Gasteiger partial charge in [-0.3, -0.25) is 9.59 Å². The summed E-state index contributed by atoms with van der Waals surface area (Å²) in [5.74, 6) is 0.271. The summed E-state index contributed by atoms with van der Waals surface area (Å²) >= 11 is 3.42. The lowest BCUT2D eigenvalue weighted by molar-refractivity contribution is -0.126. The summed E-state index contributed by atoms with van der Waals surface area (Å²) in [6.45, 7) is 2.52. The molecule has 0 heterocycles. The molecule has 1 aromatic carbocycles. The highest BCUT2D eigenvalue weighted by atomic mass is 79.9. The Bertz CT molecular complexity index is 527. The van der Waals surface area contributed by atoms with Crippen molar-refractivity contribution in [3.63, 3.8) is 0 Å². The molecule has 2 amide bonds. The lowest BCUT2D eigenvalue weighted by Gasteiger charge is -2.24. The molecule has 0 bridgehead atoms. The molecule has 0 unspecified atom stereocenters. The van der Waals surface area contributed by atoms with E-state index in [1.54, 1.807) is 11.8 Å². The van der Waals surface area contributed by atoms with E-state index < -0.39 is 0 Å². The Balaban J connectivity index is 1.87. The van der Waals surface area contributed by atoms with E-state index in [0.717, 1.165) is 35.8 Å². The van der Waals surface area contributed by atoms with E-state index in [0.29, 0.717) is 13.1 Å². The van der Waals surface area contributed by atoms with Crippen molar-refractivity contribution in [1.82, 2.24) is 5.32 Å². The molecule has 0 saturated heterocycles. The van der Waals surface area contributed by atoms with Crippen LogP contribution in [0.25, 0.3) is 0 Å². The average Bonchev–Trinajstić information content (AvgIpc) is 2.51. The quantitative estimate of drug-likeness (QED) is 0.866. The summed E-state index contributed by atoms with van der Waals surface area (Å²) < 4.78 is 0.933. The number of benzene rings is 1. The molecule has 1 saturated carbocycles. The zero-order valence-electron chi connectivity index (χ0n) is 13.0. The molecule has 5 heteroatoms. The van der Waals surface area contributed by atoms with Crippen LogP contribution < -0.4 is 10.2 Å². The molecule has 0 atom stereocenters. The van der Waals surface area contributed by atoms with E-state index in [1.165, 1.54) is 6.42 Å². The number of carbonyl (C=O) groups is 2. The summed E-state index contributed by atoms with van der Waals surface area (Å²) in [5.41, 5.74) is 0.841. The molecular weight excluding hydrogens is 344 g/mol. The number of nitrogens with one attached hydrogen (secondary N) is 1. The van der Waals surface area contributed by atoms with E-state index >= 15 is 0 Å². The number of hydrogen-bond donors (Lipinski definition) is 1. The Morgan fingerprint density at radius 2 is 2.00 bits per heavy atom. The number of anilines is 1. The maximum atomic E-state index is 12.1. The van der Waals surface area contributed by atoms with Gasteiger partial charge in [0, 0.05) is 36.1 Å². The minimum absolute atomic E-state index is 0.0231. The first-order chi connectivity index (χ1) is 10.6. The first-order valence-electron chi connectivity index (χ1n) is 7.89. The molecule has 1 fully saturated rings. The van der Waals surface area contributed by atoms with Gasteiger partial charge in [0.05, 0.1) is 0 Å². The molecule has 0 radical (unpaired) electrons. The van der Waals surface area contributed by atoms with Crippen molar-refractivity contribution in [1.29, 1.82) is 0 Å². The molecule has 120 valence electrons. The Morgan fingerprint density at radius 3 is 2.64 bits per heavy atom. The van der Waals surface area contributed by atoms with Gasteiger partial charge in [-0.2, -0.15) is 0 Å². The fourth-order valence-corrected chi connectivity index (χ4v) is 3.30. The van der Waals surface area contributed by atoms with Crippen LogP contribution in [0.1, 0.15) is 39.0 Å². The molecule has 0 aliphatic heterocycles. The van der Waals surface area contributed by atoms with E-state index in [4.69, 9.17) is 0 Å². The molecule has 1 aliphatic rings. The van der Waals surface area contributed by atoms with E-state index in [-0.39, 0.29) is 17.7 Å². The maximum absolute atomic E-state index is 12.1. The van der Waals surface area contributed by atoms with Gasteiger partial charge in [0.1, 0.15) is 0 Å². The zero-order chi connectivity index (χ0) is 15.9. The molecule has 1 aromatic rings. The standard InChI is InChI=1S/C17H23BrN2O2/c1-13(21)20(16-9-5-8-15(18)12-16)11-10-19-17(22)14-6-3-2-4-7-14/h5,8-9,12,14H,2-4,6-7,10-11H2,1H3,(H,19,22). The fraction of sp³-hybridized carbons (Fsp3) is 0.529. The van der Waals surface area contributed by atoms with Crippen molar-refractivity contribution in [2.45, 2.75) is 39.0 Å². The van der Waals surface area contributed by atoms with Crippen LogP contribution >= 0.6 is 15.9 Å². The van der Waals surface area contributed by atoms with E-state index in [9.17, 15) is 9.59 Å². The first kappa shape index (κ1) is 17.0. The third kappa shape index (κ3) is 4.83. The highest BCUT2D eigenvalue weighted by molar-refractivity contribution is 9.10. The van der Waals surface area contributed by atoms with Crippen molar-refractivity contribution in [2.75, 3.05) is 18.0 Å². The van der Waals surface area contributed by atoms with Crippen LogP contribution in [0.4, 0.5) is 5.69 Å². The Hall–Kier alpha value is -1.36. The van der Waals surface area contributed by atoms with Crippen LogP contribution in [-0.2, 0) is 9.59 Å². The Labute approximate surface area is 140 Å². The maximum Gasteiger partial charge on any atom is 0.223 e. The molecule has 22 heavy (non-hydrogen) atoms. The smallest absolute Gasteiger partial charge is 0.223 e. The van der Waals surface area contributed by atoms with Crippen LogP contribution in [0.2, 0.25) is 0 Å². The number of amides is 2.